The first kappa shape index (κ1) is 32.2. The van der Waals surface area contributed by atoms with E-state index in [1.54, 1.807) is 0 Å². The summed E-state index contributed by atoms with van der Waals surface area (Å²) in [6.07, 6.45) is -5.93. The Kier molecular flexibility index (Phi) is 9.38. The molecule has 4 rings (SSSR count). The number of hydrogen-bond donors (Lipinski definition) is 1. The van der Waals surface area contributed by atoms with Crippen LogP contribution in [0.2, 0.25) is 20.1 Å². The average molecular weight is 672 g/mol. The number of nitriles is 1. The molecule has 0 fully saturated rings. The zero-order chi connectivity index (χ0) is 31.7. The fourth-order valence-electron chi connectivity index (χ4n) is 4.19. The number of halogens is 9. The van der Waals surface area contributed by atoms with Gasteiger partial charge in [-0.15, -0.1) is 0 Å². The van der Waals surface area contributed by atoms with E-state index in [4.69, 9.17) is 46.4 Å². The lowest BCUT2D eigenvalue weighted by atomic mass is 9.86. The maximum atomic E-state index is 15.9. The molecule has 4 aromatic rings. The number of amides is 1. The molecule has 0 spiro atoms. The molecule has 13 heteroatoms. The number of rotatable bonds is 7. The molecule has 4 nitrogen and oxygen atoms in total. The number of nitrogens with one attached hydrogen (secondary N) is 1. The van der Waals surface area contributed by atoms with Crippen LogP contribution >= 0.6 is 46.4 Å². The van der Waals surface area contributed by atoms with Crippen molar-refractivity contribution in [2.75, 3.05) is 5.32 Å². The summed E-state index contributed by atoms with van der Waals surface area (Å²) < 4.78 is 71.5. The van der Waals surface area contributed by atoms with Crippen LogP contribution in [0, 0.1) is 17.1 Å². The van der Waals surface area contributed by atoms with Gasteiger partial charge in [0.05, 0.1) is 21.8 Å². The normalized spacial score (nSPS) is 12.7. The predicted octanol–water partition coefficient (Wildman–Crippen LogP) is 9.76. The minimum absolute atomic E-state index is 0.0165. The first-order valence-electron chi connectivity index (χ1n) is 12.0. The van der Waals surface area contributed by atoms with Crippen LogP contribution in [0.1, 0.15) is 43.0 Å². The van der Waals surface area contributed by atoms with Crippen LogP contribution in [-0.2, 0) is 12.1 Å². The van der Waals surface area contributed by atoms with E-state index in [-0.39, 0.29) is 38.0 Å². The SMILES string of the molecule is N#Cc1ccc(C(=O)Cc2c(Cl)cc(C(F)(c3ccc(Cl)cc3)C(F)(F)F)cc2Cl)cc1NC(=O)c1ccc(F)cc1Cl. The number of carbonyl (C=O) groups is 2. The second-order valence-corrected chi connectivity index (χ2v) is 10.8. The van der Waals surface area contributed by atoms with Gasteiger partial charge < -0.3 is 5.32 Å². The van der Waals surface area contributed by atoms with Crippen molar-refractivity contribution < 1.29 is 31.5 Å². The highest BCUT2D eigenvalue weighted by Gasteiger charge is 2.58. The monoisotopic (exact) mass is 670 g/mol. The number of carbonyl (C=O) groups excluding carboxylic acids is 2. The van der Waals surface area contributed by atoms with Crippen LogP contribution in [0.4, 0.5) is 27.6 Å². The highest BCUT2D eigenvalue weighted by Crippen LogP contribution is 2.49. The Morgan fingerprint density at radius 3 is 1.98 bits per heavy atom. The van der Waals surface area contributed by atoms with Crippen LogP contribution < -0.4 is 5.32 Å². The number of nitrogens with zero attached hydrogens (tertiary/aromatic N) is 1. The minimum atomic E-state index is -5.41. The second-order valence-electron chi connectivity index (χ2n) is 9.13. The largest absolute Gasteiger partial charge is 0.431 e. The molecule has 0 aliphatic rings. The average Bonchev–Trinajstić information content (AvgIpc) is 2.94. The minimum Gasteiger partial charge on any atom is -0.321 e. The Hall–Kier alpha value is -3.68. The van der Waals surface area contributed by atoms with Gasteiger partial charge >= 0.3 is 6.18 Å². The number of anilines is 1. The summed E-state index contributed by atoms with van der Waals surface area (Å²) in [4.78, 5) is 25.9. The van der Waals surface area contributed by atoms with E-state index in [9.17, 15) is 32.4 Å². The summed E-state index contributed by atoms with van der Waals surface area (Å²) in [6.45, 7) is 0. The molecular formula is C30H15Cl4F5N2O2. The smallest absolute Gasteiger partial charge is 0.321 e. The van der Waals surface area contributed by atoms with Gasteiger partial charge in [-0.05, 0) is 66.2 Å². The predicted molar refractivity (Wildman–Crippen MR) is 154 cm³/mol. The molecule has 220 valence electrons. The van der Waals surface area contributed by atoms with Crippen molar-refractivity contribution in [3.63, 3.8) is 0 Å². The zero-order valence-electron chi connectivity index (χ0n) is 21.3. The molecule has 0 heterocycles. The van der Waals surface area contributed by atoms with Crippen LogP contribution in [0.3, 0.4) is 0 Å². The van der Waals surface area contributed by atoms with E-state index in [0.717, 1.165) is 54.6 Å². The molecule has 43 heavy (non-hydrogen) atoms. The molecule has 1 amide bonds. The van der Waals surface area contributed by atoms with Crippen LogP contribution in [0.15, 0.2) is 72.8 Å². The molecule has 4 aromatic carbocycles. The lowest BCUT2D eigenvalue weighted by Gasteiger charge is -2.29. The number of Topliss-reactive ketones (excluding diaryl/α,β-unsaturated/α-hetero) is 1. The van der Waals surface area contributed by atoms with Crippen LogP contribution in [0.25, 0.3) is 0 Å². The van der Waals surface area contributed by atoms with Crippen molar-refractivity contribution in [3.05, 3.63) is 132 Å². The van der Waals surface area contributed by atoms with Crippen LogP contribution in [-0.4, -0.2) is 17.9 Å². The van der Waals surface area contributed by atoms with E-state index >= 15 is 4.39 Å². The molecule has 0 bridgehead atoms. The van der Waals surface area contributed by atoms with Crippen LogP contribution in [0.5, 0.6) is 0 Å². The Bertz CT molecular complexity index is 1770. The fraction of sp³-hybridized carbons (Fsp3) is 0.100. The van der Waals surface area contributed by atoms with E-state index in [0.29, 0.717) is 0 Å². The third-order valence-corrected chi connectivity index (χ3v) is 7.63. The van der Waals surface area contributed by atoms with Gasteiger partial charge in [0.1, 0.15) is 11.9 Å². The molecule has 1 N–H and O–H groups in total. The molecule has 0 aromatic heterocycles. The number of benzene rings is 4. The molecule has 0 aliphatic carbocycles. The maximum Gasteiger partial charge on any atom is 0.431 e. The van der Waals surface area contributed by atoms with Crippen molar-refractivity contribution in [1.82, 2.24) is 0 Å². The lowest BCUT2D eigenvalue weighted by Crippen LogP contribution is -2.39. The standard InChI is InChI=1S/C30H15Cl4F5N2O2/c31-19-5-3-17(4-6-19)29(36,30(37,38)39)18-10-23(32)22(24(33)11-18)13-27(42)15-1-2-16(14-40)26(9-15)41-28(43)21-8-7-20(35)12-25(21)34/h1-12H,13H2,(H,41,43). The summed E-state index contributed by atoms with van der Waals surface area (Å²) in [7, 11) is 0. The Labute approximate surface area is 261 Å². The molecular weight excluding hydrogens is 657 g/mol. The van der Waals surface area contributed by atoms with Gasteiger partial charge in [0.15, 0.2) is 5.78 Å². The third-order valence-electron chi connectivity index (χ3n) is 6.39. The summed E-state index contributed by atoms with van der Waals surface area (Å²) in [6, 6.07) is 14.2. The van der Waals surface area contributed by atoms with E-state index in [1.807, 2.05) is 6.07 Å². The Balaban J connectivity index is 1.65. The van der Waals surface area contributed by atoms with E-state index < -0.39 is 56.9 Å². The van der Waals surface area contributed by atoms with Gasteiger partial charge in [0.2, 0.25) is 0 Å². The molecule has 0 saturated carbocycles. The summed E-state index contributed by atoms with van der Waals surface area (Å²) in [5, 5.41) is 11.0. The summed E-state index contributed by atoms with van der Waals surface area (Å²) in [5.74, 6) is -2.10. The summed E-state index contributed by atoms with van der Waals surface area (Å²) >= 11 is 24.2. The van der Waals surface area contributed by atoms with Crippen molar-refractivity contribution in [3.8, 4) is 6.07 Å². The van der Waals surface area contributed by atoms with Crippen molar-refractivity contribution in [1.29, 1.82) is 5.26 Å². The van der Waals surface area contributed by atoms with Gasteiger partial charge in [-0.3, -0.25) is 9.59 Å². The van der Waals surface area contributed by atoms with Gasteiger partial charge in [-0.1, -0.05) is 58.5 Å². The van der Waals surface area contributed by atoms with Gasteiger partial charge in [0.25, 0.3) is 11.6 Å². The maximum absolute atomic E-state index is 15.9. The molecule has 1 atom stereocenters. The van der Waals surface area contributed by atoms with Crippen molar-refractivity contribution >= 4 is 63.8 Å². The van der Waals surface area contributed by atoms with Crippen molar-refractivity contribution in [2.24, 2.45) is 0 Å². The Morgan fingerprint density at radius 2 is 1.42 bits per heavy atom. The van der Waals surface area contributed by atoms with Gasteiger partial charge in [0, 0.05) is 38.2 Å². The molecule has 0 saturated heterocycles. The molecule has 1 unspecified atom stereocenters. The first-order chi connectivity index (χ1) is 20.1. The molecule has 0 radical (unpaired) electrons. The quantitative estimate of drug-likeness (QED) is 0.157. The number of alkyl halides is 4. The lowest BCUT2D eigenvalue weighted by molar-refractivity contribution is -0.219. The Morgan fingerprint density at radius 1 is 0.791 bits per heavy atom. The zero-order valence-corrected chi connectivity index (χ0v) is 24.3. The fourth-order valence-corrected chi connectivity index (χ4v) is 5.19. The van der Waals surface area contributed by atoms with Gasteiger partial charge in [-0.2, -0.15) is 18.4 Å². The highest BCUT2D eigenvalue weighted by molar-refractivity contribution is 6.36. The van der Waals surface area contributed by atoms with Gasteiger partial charge in [-0.25, -0.2) is 8.78 Å². The summed E-state index contributed by atoms with van der Waals surface area (Å²) in [5.41, 5.74) is -5.94. The van der Waals surface area contributed by atoms with E-state index in [2.05, 4.69) is 5.32 Å². The molecule has 0 aliphatic heterocycles. The third kappa shape index (κ3) is 6.63. The second kappa shape index (κ2) is 12.5. The van der Waals surface area contributed by atoms with Crippen molar-refractivity contribution in [2.45, 2.75) is 18.3 Å². The highest BCUT2D eigenvalue weighted by atomic mass is 35.5. The first-order valence-corrected chi connectivity index (χ1v) is 13.5. The number of ketones is 1. The number of hydrogen-bond acceptors (Lipinski definition) is 3. The topological polar surface area (TPSA) is 70.0 Å². The van der Waals surface area contributed by atoms with E-state index in [1.165, 1.54) is 18.2 Å².